The first-order chi connectivity index (χ1) is 10.5. The third-order valence-corrected chi connectivity index (χ3v) is 4.75. The van der Waals surface area contributed by atoms with Crippen LogP contribution in [0.4, 0.5) is 0 Å². The summed E-state index contributed by atoms with van der Waals surface area (Å²) in [7, 11) is 1.89. The van der Waals surface area contributed by atoms with Gasteiger partial charge in [0.1, 0.15) is 0 Å². The van der Waals surface area contributed by atoms with E-state index in [2.05, 4.69) is 65.9 Å². The quantitative estimate of drug-likeness (QED) is 0.885. The molecule has 3 rings (SSSR count). The Morgan fingerprint density at radius 3 is 2.82 bits per heavy atom. The summed E-state index contributed by atoms with van der Waals surface area (Å²) in [4.78, 5) is 0. The standard InChI is InChI=1S/C17H25N5/c1-12(16-19-20-21-22(16)4)18-15-11-17(2,3)10-9-13-7-5-6-8-14(13)15/h5-8,12,15,18H,9-11H2,1-4H3/t12-,15-/m0/s1. The molecule has 0 unspecified atom stereocenters. The molecule has 0 saturated heterocycles. The van der Waals surface area contributed by atoms with E-state index in [4.69, 9.17) is 0 Å². The Labute approximate surface area is 132 Å². The number of fused-ring (bicyclic) bond motifs is 1. The van der Waals surface area contributed by atoms with Gasteiger partial charge in [-0.05, 0) is 53.2 Å². The van der Waals surface area contributed by atoms with Crippen LogP contribution in [-0.2, 0) is 13.5 Å². The van der Waals surface area contributed by atoms with Gasteiger partial charge in [0.05, 0.1) is 6.04 Å². The molecular formula is C17H25N5. The summed E-state index contributed by atoms with van der Waals surface area (Å²) in [5.74, 6) is 0.875. The molecule has 0 radical (unpaired) electrons. The van der Waals surface area contributed by atoms with Crippen LogP contribution in [0.3, 0.4) is 0 Å². The molecule has 0 saturated carbocycles. The zero-order chi connectivity index (χ0) is 15.7. The van der Waals surface area contributed by atoms with Crippen molar-refractivity contribution in [3.8, 4) is 0 Å². The fraction of sp³-hybridized carbons (Fsp3) is 0.588. The molecule has 5 heteroatoms. The molecule has 1 aromatic heterocycles. The molecule has 2 atom stereocenters. The molecule has 1 aliphatic carbocycles. The predicted octanol–water partition coefficient (Wildman–Crippen LogP) is 2.96. The van der Waals surface area contributed by atoms with Gasteiger partial charge in [-0.3, -0.25) is 0 Å². The number of hydrogen-bond acceptors (Lipinski definition) is 4. The van der Waals surface area contributed by atoms with Crippen LogP contribution < -0.4 is 5.32 Å². The Morgan fingerprint density at radius 2 is 2.09 bits per heavy atom. The molecule has 22 heavy (non-hydrogen) atoms. The van der Waals surface area contributed by atoms with E-state index in [0.717, 1.165) is 18.7 Å². The molecule has 0 aliphatic heterocycles. The third kappa shape index (κ3) is 3.04. The van der Waals surface area contributed by atoms with Crippen molar-refractivity contribution < 1.29 is 0 Å². The Morgan fingerprint density at radius 1 is 1.32 bits per heavy atom. The highest BCUT2D eigenvalue weighted by Crippen LogP contribution is 2.40. The van der Waals surface area contributed by atoms with E-state index in [1.807, 2.05) is 7.05 Å². The molecule has 0 spiro atoms. The molecule has 1 aromatic carbocycles. The first-order valence-electron chi connectivity index (χ1n) is 8.02. The lowest BCUT2D eigenvalue weighted by atomic mass is 9.83. The number of hydrogen-bond donors (Lipinski definition) is 1. The van der Waals surface area contributed by atoms with Crippen LogP contribution >= 0.6 is 0 Å². The highest BCUT2D eigenvalue weighted by molar-refractivity contribution is 5.32. The summed E-state index contributed by atoms with van der Waals surface area (Å²) in [6.07, 6.45) is 3.50. The number of aromatic nitrogens is 4. The van der Waals surface area contributed by atoms with Crippen LogP contribution in [0.15, 0.2) is 24.3 Å². The maximum atomic E-state index is 4.14. The minimum absolute atomic E-state index is 0.118. The number of nitrogens with zero attached hydrogens (tertiary/aromatic N) is 4. The molecule has 118 valence electrons. The van der Waals surface area contributed by atoms with E-state index in [9.17, 15) is 0 Å². The van der Waals surface area contributed by atoms with Crippen LogP contribution in [-0.4, -0.2) is 20.2 Å². The average molecular weight is 299 g/mol. The SMILES string of the molecule is C[C@H](N[C@H]1CC(C)(C)CCc2ccccc21)c1nnnn1C. The number of benzene rings is 1. The lowest BCUT2D eigenvalue weighted by Gasteiger charge is -2.29. The van der Waals surface area contributed by atoms with Crippen molar-refractivity contribution in [3.63, 3.8) is 0 Å². The first-order valence-corrected chi connectivity index (χ1v) is 8.02. The van der Waals surface area contributed by atoms with Gasteiger partial charge >= 0.3 is 0 Å². The second-order valence-electron chi connectivity index (χ2n) is 7.17. The van der Waals surface area contributed by atoms with Crippen molar-refractivity contribution in [1.29, 1.82) is 0 Å². The highest BCUT2D eigenvalue weighted by Gasteiger charge is 2.30. The molecule has 1 heterocycles. The Hall–Kier alpha value is -1.75. The monoisotopic (exact) mass is 299 g/mol. The molecular weight excluding hydrogens is 274 g/mol. The summed E-state index contributed by atoms with van der Waals surface area (Å²) in [6.45, 7) is 6.86. The Balaban J connectivity index is 1.88. The molecule has 1 aliphatic rings. The maximum absolute atomic E-state index is 4.14. The zero-order valence-corrected chi connectivity index (χ0v) is 13.9. The molecule has 1 N–H and O–H groups in total. The van der Waals surface area contributed by atoms with E-state index < -0.39 is 0 Å². The van der Waals surface area contributed by atoms with Crippen LogP contribution in [0.1, 0.15) is 62.6 Å². The second kappa shape index (κ2) is 5.80. The van der Waals surface area contributed by atoms with Crippen molar-refractivity contribution in [2.24, 2.45) is 12.5 Å². The van der Waals surface area contributed by atoms with Crippen molar-refractivity contribution in [3.05, 3.63) is 41.2 Å². The lowest BCUT2D eigenvalue weighted by Crippen LogP contribution is -2.29. The van der Waals surface area contributed by atoms with Gasteiger partial charge in [-0.15, -0.1) is 5.10 Å². The lowest BCUT2D eigenvalue weighted by molar-refractivity contribution is 0.262. The maximum Gasteiger partial charge on any atom is 0.167 e. The van der Waals surface area contributed by atoms with E-state index in [0.29, 0.717) is 11.5 Å². The van der Waals surface area contributed by atoms with Gasteiger partial charge in [0, 0.05) is 13.1 Å². The van der Waals surface area contributed by atoms with Gasteiger partial charge in [0.15, 0.2) is 5.82 Å². The zero-order valence-electron chi connectivity index (χ0n) is 13.9. The average Bonchev–Trinajstić information content (AvgIpc) is 2.85. The number of rotatable bonds is 3. The molecule has 0 bridgehead atoms. The fourth-order valence-corrected chi connectivity index (χ4v) is 3.47. The number of nitrogens with one attached hydrogen (secondary N) is 1. The Bertz CT molecular complexity index is 646. The molecule has 0 amide bonds. The van der Waals surface area contributed by atoms with Gasteiger partial charge in [0.25, 0.3) is 0 Å². The van der Waals surface area contributed by atoms with Crippen molar-refractivity contribution >= 4 is 0 Å². The predicted molar refractivity (Wildman–Crippen MR) is 86.3 cm³/mol. The summed E-state index contributed by atoms with van der Waals surface area (Å²) >= 11 is 0. The second-order valence-corrected chi connectivity index (χ2v) is 7.17. The van der Waals surface area contributed by atoms with E-state index in [1.165, 1.54) is 17.5 Å². The molecule has 0 fully saturated rings. The summed E-state index contributed by atoms with van der Waals surface area (Å²) < 4.78 is 1.74. The smallest absolute Gasteiger partial charge is 0.167 e. The van der Waals surface area contributed by atoms with E-state index in [1.54, 1.807) is 4.68 Å². The molecule has 2 aromatic rings. The van der Waals surface area contributed by atoms with Crippen molar-refractivity contribution in [1.82, 2.24) is 25.5 Å². The number of aryl methyl sites for hydroxylation is 2. The van der Waals surface area contributed by atoms with Crippen LogP contribution in [0.25, 0.3) is 0 Å². The Kier molecular flexibility index (Phi) is 4.00. The minimum atomic E-state index is 0.118. The fourth-order valence-electron chi connectivity index (χ4n) is 3.47. The summed E-state index contributed by atoms with van der Waals surface area (Å²) in [5, 5.41) is 15.6. The van der Waals surface area contributed by atoms with Gasteiger partial charge in [-0.2, -0.15) is 0 Å². The van der Waals surface area contributed by atoms with Crippen LogP contribution in [0.5, 0.6) is 0 Å². The largest absolute Gasteiger partial charge is 0.301 e. The summed E-state index contributed by atoms with van der Waals surface area (Å²) in [5.41, 5.74) is 3.22. The summed E-state index contributed by atoms with van der Waals surface area (Å²) in [6, 6.07) is 9.26. The van der Waals surface area contributed by atoms with E-state index in [-0.39, 0.29) is 6.04 Å². The highest BCUT2D eigenvalue weighted by atomic mass is 15.5. The minimum Gasteiger partial charge on any atom is -0.301 e. The van der Waals surface area contributed by atoms with Gasteiger partial charge in [-0.1, -0.05) is 38.1 Å². The van der Waals surface area contributed by atoms with E-state index >= 15 is 0 Å². The van der Waals surface area contributed by atoms with Gasteiger partial charge in [0.2, 0.25) is 0 Å². The molecule has 5 nitrogen and oxygen atoms in total. The van der Waals surface area contributed by atoms with Crippen LogP contribution in [0.2, 0.25) is 0 Å². The van der Waals surface area contributed by atoms with Gasteiger partial charge in [-0.25, -0.2) is 4.68 Å². The van der Waals surface area contributed by atoms with Crippen LogP contribution in [0, 0.1) is 5.41 Å². The topological polar surface area (TPSA) is 55.6 Å². The van der Waals surface area contributed by atoms with Crippen molar-refractivity contribution in [2.45, 2.75) is 52.1 Å². The first kappa shape index (κ1) is 15.2. The number of tetrazole rings is 1. The third-order valence-electron chi connectivity index (χ3n) is 4.75. The normalized spacial score (nSPS) is 21.9. The van der Waals surface area contributed by atoms with Gasteiger partial charge < -0.3 is 5.32 Å². The van der Waals surface area contributed by atoms with Crippen molar-refractivity contribution in [2.75, 3.05) is 0 Å².